The van der Waals surface area contributed by atoms with Crippen molar-refractivity contribution in [1.29, 1.82) is 0 Å². The molecule has 0 aliphatic heterocycles. The normalized spacial score (nSPS) is 13.9. The highest BCUT2D eigenvalue weighted by molar-refractivity contribution is 7.90. The van der Waals surface area contributed by atoms with Gasteiger partial charge in [0.2, 0.25) is 0 Å². The molecule has 1 atom stereocenters. The van der Waals surface area contributed by atoms with Crippen molar-refractivity contribution in [2.45, 2.75) is 51.7 Å². The molecule has 0 bridgehead atoms. The Labute approximate surface area is 114 Å². The highest BCUT2D eigenvalue weighted by atomic mass is 32.2. The van der Waals surface area contributed by atoms with Crippen LogP contribution in [0.4, 0.5) is 0 Å². The van der Waals surface area contributed by atoms with E-state index in [0.29, 0.717) is 5.92 Å². The van der Waals surface area contributed by atoms with Gasteiger partial charge in [-0.1, -0.05) is 38.1 Å². The average molecular weight is 267 g/mol. The SMILES string of the molecule is CC(C)c1cccc(CCN[S@@+]([O-])C(C)(C)C)c1. The summed E-state index contributed by atoms with van der Waals surface area (Å²) in [4.78, 5) is 0. The zero-order valence-electron chi connectivity index (χ0n) is 12.1. The topological polar surface area (TPSA) is 35.1 Å². The smallest absolute Gasteiger partial charge is 0.136 e. The van der Waals surface area contributed by atoms with Crippen LogP contribution in [-0.2, 0) is 17.8 Å². The fraction of sp³-hybridized carbons (Fsp3) is 0.600. The van der Waals surface area contributed by atoms with Crippen LogP contribution in [0.5, 0.6) is 0 Å². The number of hydrogen-bond acceptors (Lipinski definition) is 2. The molecule has 1 rings (SSSR count). The predicted molar refractivity (Wildman–Crippen MR) is 80.1 cm³/mol. The van der Waals surface area contributed by atoms with E-state index in [1.807, 2.05) is 20.8 Å². The molecule has 0 saturated carbocycles. The molecule has 3 heteroatoms. The zero-order chi connectivity index (χ0) is 13.8. The zero-order valence-corrected chi connectivity index (χ0v) is 12.9. The van der Waals surface area contributed by atoms with E-state index >= 15 is 0 Å². The van der Waals surface area contributed by atoms with Crippen LogP contribution in [0.2, 0.25) is 0 Å². The summed E-state index contributed by atoms with van der Waals surface area (Å²) in [6.07, 6.45) is 0.919. The Bertz CT molecular complexity index is 371. The van der Waals surface area contributed by atoms with Gasteiger partial charge in [-0.3, -0.25) is 0 Å². The first-order chi connectivity index (χ1) is 8.30. The molecule has 1 aromatic carbocycles. The molecule has 0 saturated heterocycles. The minimum Gasteiger partial charge on any atom is -0.598 e. The van der Waals surface area contributed by atoms with Crippen molar-refractivity contribution in [2.75, 3.05) is 6.54 Å². The van der Waals surface area contributed by atoms with Crippen LogP contribution in [0.1, 0.15) is 51.7 Å². The first-order valence-corrected chi connectivity index (χ1v) is 7.70. The lowest BCUT2D eigenvalue weighted by atomic mass is 10.00. The Morgan fingerprint density at radius 1 is 1.28 bits per heavy atom. The minimum atomic E-state index is -0.975. The third kappa shape index (κ3) is 5.01. The molecule has 0 spiro atoms. The van der Waals surface area contributed by atoms with Crippen LogP contribution in [0.25, 0.3) is 0 Å². The van der Waals surface area contributed by atoms with Crippen LogP contribution in [0.3, 0.4) is 0 Å². The summed E-state index contributed by atoms with van der Waals surface area (Å²) in [5, 5.41) is 0. The molecule has 0 aromatic heterocycles. The highest BCUT2D eigenvalue weighted by Gasteiger charge is 2.25. The van der Waals surface area contributed by atoms with Crippen molar-refractivity contribution in [3.05, 3.63) is 35.4 Å². The number of nitrogens with one attached hydrogen (secondary N) is 1. The molecule has 0 unspecified atom stereocenters. The molecule has 0 fully saturated rings. The van der Waals surface area contributed by atoms with Crippen molar-refractivity contribution in [3.8, 4) is 0 Å². The van der Waals surface area contributed by atoms with E-state index in [2.05, 4.69) is 42.8 Å². The number of benzene rings is 1. The highest BCUT2D eigenvalue weighted by Crippen LogP contribution is 2.16. The van der Waals surface area contributed by atoms with Gasteiger partial charge in [-0.25, -0.2) is 0 Å². The maximum Gasteiger partial charge on any atom is 0.136 e. The van der Waals surface area contributed by atoms with E-state index < -0.39 is 11.4 Å². The Balaban J connectivity index is 2.47. The van der Waals surface area contributed by atoms with Crippen LogP contribution in [0.15, 0.2) is 24.3 Å². The van der Waals surface area contributed by atoms with Gasteiger partial charge in [-0.05, 0) is 44.2 Å². The van der Waals surface area contributed by atoms with E-state index in [-0.39, 0.29) is 4.75 Å². The standard InChI is InChI=1S/C15H25NOS/c1-12(2)14-8-6-7-13(11-14)9-10-16-18(17)15(3,4)5/h6-8,11-12,16H,9-10H2,1-5H3/t18-/m0/s1. The van der Waals surface area contributed by atoms with Gasteiger partial charge in [0.25, 0.3) is 0 Å². The molecular weight excluding hydrogens is 242 g/mol. The second-order valence-electron chi connectivity index (χ2n) is 5.93. The first kappa shape index (κ1) is 15.5. The van der Waals surface area contributed by atoms with Gasteiger partial charge in [-0.2, -0.15) is 0 Å². The van der Waals surface area contributed by atoms with Crippen molar-refractivity contribution >= 4 is 11.4 Å². The maximum absolute atomic E-state index is 11.8. The Morgan fingerprint density at radius 3 is 2.50 bits per heavy atom. The molecule has 0 heterocycles. The van der Waals surface area contributed by atoms with E-state index in [4.69, 9.17) is 0 Å². The third-order valence-corrected chi connectivity index (χ3v) is 4.40. The summed E-state index contributed by atoms with van der Waals surface area (Å²) in [7, 11) is 0. The minimum absolute atomic E-state index is 0.195. The van der Waals surface area contributed by atoms with Crippen molar-refractivity contribution in [3.63, 3.8) is 0 Å². The average Bonchev–Trinajstić information content (AvgIpc) is 2.28. The van der Waals surface area contributed by atoms with Gasteiger partial charge in [0.15, 0.2) is 0 Å². The number of hydrogen-bond donors (Lipinski definition) is 1. The van der Waals surface area contributed by atoms with E-state index in [1.165, 1.54) is 11.1 Å². The number of rotatable bonds is 5. The molecular formula is C15H25NOS. The lowest BCUT2D eigenvalue weighted by Crippen LogP contribution is -2.40. The van der Waals surface area contributed by atoms with Gasteiger partial charge < -0.3 is 4.55 Å². The monoisotopic (exact) mass is 267 g/mol. The summed E-state index contributed by atoms with van der Waals surface area (Å²) in [6, 6.07) is 8.64. The van der Waals surface area contributed by atoms with Crippen molar-refractivity contribution < 1.29 is 4.55 Å². The molecule has 0 radical (unpaired) electrons. The van der Waals surface area contributed by atoms with Crippen LogP contribution >= 0.6 is 0 Å². The summed E-state index contributed by atoms with van der Waals surface area (Å²) in [6.45, 7) is 11.1. The van der Waals surface area contributed by atoms with Crippen LogP contribution in [0, 0.1) is 0 Å². The van der Waals surface area contributed by atoms with Gasteiger partial charge >= 0.3 is 0 Å². The fourth-order valence-electron chi connectivity index (χ4n) is 1.61. The van der Waals surface area contributed by atoms with E-state index in [9.17, 15) is 4.55 Å². The van der Waals surface area contributed by atoms with Gasteiger partial charge in [0.05, 0.1) is 0 Å². The van der Waals surface area contributed by atoms with E-state index in [0.717, 1.165) is 13.0 Å². The summed E-state index contributed by atoms with van der Waals surface area (Å²) >= 11 is -0.975. The van der Waals surface area contributed by atoms with Gasteiger partial charge in [-0.15, -0.1) is 4.72 Å². The predicted octanol–water partition coefficient (Wildman–Crippen LogP) is 3.40. The second-order valence-corrected chi connectivity index (χ2v) is 7.98. The van der Waals surface area contributed by atoms with Crippen molar-refractivity contribution in [2.24, 2.45) is 0 Å². The molecule has 1 aromatic rings. The lowest BCUT2D eigenvalue weighted by molar-refractivity contribution is 0.544. The summed E-state index contributed by atoms with van der Waals surface area (Å²) in [5.41, 5.74) is 2.67. The summed E-state index contributed by atoms with van der Waals surface area (Å²) in [5.74, 6) is 0.557. The molecule has 102 valence electrons. The molecule has 1 N–H and O–H groups in total. The quantitative estimate of drug-likeness (QED) is 0.830. The maximum atomic E-state index is 11.8. The molecule has 18 heavy (non-hydrogen) atoms. The van der Waals surface area contributed by atoms with Crippen LogP contribution in [-0.4, -0.2) is 15.8 Å². The Hall–Kier alpha value is -0.510. The van der Waals surface area contributed by atoms with Gasteiger partial charge in [0.1, 0.15) is 4.75 Å². The van der Waals surface area contributed by atoms with Crippen LogP contribution < -0.4 is 4.72 Å². The van der Waals surface area contributed by atoms with E-state index in [1.54, 1.807) is 0 Å². The fourth-order valence-corrected chi connectivity index (χ4v) is 2.33. The third-order valence-electron chi connectivity index (χ3n) is 2.82. The largest absolute Gasteiger partial charge is 0.598 e. The first-order valence-electron chi connectivity index (χ1n) is 6.55. The molecule has 0 aliphatic rings. The molecule has 2 nitrogen and oxygen atoms in total. The second kappa shape index (κ2) is 6.60. The Kier molecular flexibility index (Phi) is 5.70. The lowest BCUT2D eigenvalue weighted by Gasteiger charge is -2.23. The molecule has 0 amide bonds. The van der Waals surface area contributed by atoms with Crippen molar-refractivity contribution in [1.82, 2.24) is 4.72 Å². The van der Waals surface area contributed by atoms with Gasteiger partial charge in [0, 0.05) is 17.9 Å². The Morgan fingerprint density at radius 2 is 1.94 bits per heavy atom. The summed E-state index contributed by atoms with van der Waals surface area (Å²) < 4.78 is 14.7. The molecule has 0 aliphatic carbocycles.